The highest BCUT2D eigenvalue weighted by atomic mass is 16.3. The van der Waals surface area contributed by atoms with Crippen LogP contribution in [-0.2, 0) is 6.54 Å². The molecular weight excluding hydrogens is 176 g/mol. The van der Waals surface area contributed by atoms with E-state index in [4.69, 9.17) is 4.42 Å². The van der Waals surface area contributed by atoms with E-state index >= 15 is 0 Å². The van der Waals surface area contributed by atoms with Crippen LogP contribution in [0.4, 0.5) is 0 Å². The van der Waals surface area contributed by atoms with Gasteiger partial charge < -0.3 is 9.73 Å². The van der Waals surface area contributed by atoms with Crippen molar-refractivity contribution in [1.29, 1.82) is 0 Å². The Morgan fingerprint density at radius 3 is 2.79 bits per heavy atom. The Bertz CT molecular complexity index is 291. The van der Waals surface area contributed by atoms with Crippen molar-refractivity contribution in [3.63, 3.8) is 0 Å². The molecule has 3 nitrogen and oxygen atoms in total. The molecule has 1 aliphatic rings. The van der Waals surface area contributed by atoms with Gasteiger partial charge in [-0.2, -0.15) is 0 Å². The Morgan fingerprint density at radius 1 is 1.57 bits per heavy atom. The summed E-state index contributed by atoms with van der Waals surface area (Å²) in [4.78, 5) is 2.46. The van der Waals surface area contributed by atoms with Crippen molar-refractivity contribution in [1.82, 2.24) is 10.2 Å². The van der Waals surface area contributed by atoms with Gasteiger partial charge in [-0.15, -0.1) is 0 Å². The van der Waals surface area contributed by atoms with E-state index in [0.717, 1.165) is 31.9 Å². The van der Waals surface area contributed by atoms with E-state index in [1.807, 2.05) is 6.07 Å². The topological polar surface area (TPSA) is 28.4 Å². The van der Waals surface area contributed by atoms with Gasteiger partial charge in [0.1, 0.15) is 5.76 Å². The molecule has 3 heteroatoms. The minimum absolute atomic E-state index is 0.699. The Kier molecular flexibility index (Phi) is 2.89. The molecular formula is C11H18N2O. The van der Waals surface area contributed by atoms with Crippen LogP contribution in [0, 0.1) is 6.92 Å². The summed E-state index contributed by atoms with van der Waals surface area (Å²) in [6.45, 7) is 8.58. The molecule has 1 fully saturated rings. The van der Waals surface area contributed by atoms with Crippen LogP contribution >= 0.6 is 0 Å². The molecule has 1 saturated heterocycles. The highest BCUT2D eigenvalue weighted by Gasteiger charge is 2.24. The van der Waals surface area contributed by atoms with Crippen molar-refractivity contribution >= 4 is 0 Å². The van der Waals surface area contributed by atoms with Crippen molar-refractivity contribution in [2.24, 2.45) is 0 Å². The van der Waals surface area contributed by atoms with E-state index < -0.39 is 0 Å². The number of furan rings is 1. The van der Waals surface area contributed by atoms with Gasteiger partial charge in [-0.05, 0) is 25.1 Å². The molecule has 1 N–H and O–H groups in total. The molecule has 0 radical (unpaired) electrons. The lowest BCUT2D eigenvalue weighted by Gasteiger charge is -2.37. The minimum atomic E-state index is 0.699. The van der Waals surface area contributed by atoms with Crippen molar-refractivity contribution in [3.8, 4) is 0 Å². The van der Waals surface area contributed by atoms with E-state index in [1.54, 1.807) is 6.26 Å². The number of rotatable bonds is 4. The van der Waals surface area contributed by atoms with Crippen LogP contribution in [0.3, 0.4) is 0 Å². The molecule has 0 aliphatic carbocycles. The highest BCUT2D eigenvalue weighted by molar-refractivity contribution is 5.14. The molecule has 0 bridgehead atoms. The van der Waals surface area contributed by atoms with Crippen LogP contribution in [0.1, 0.15) is 18.2 Å². The summed E-state index contributed by atoms with van der Waals surface area (Å²) >= 11 is 0. The molecule has 1 aliphatic heterocycles. The van der Waals surface area contributed by atoms with Gasteiger partial charge in [0.15, 0.2) is 0 Å². The smallest absolute Gasteiger partial charge is 0.120 e. The average molecular weight is 194 g/mol. The fraction of sp³-hybridized carbons (Fsp3) is 0.636. The second-order valence-corrected chi connectivity index (χ2v) is 3.90. The van der Waals surface area contributed by atoms with E-state index in [2.05, 4.69) is 24.1 Å². The predicted octanol–water partition coefficient (Wildman–Crippen LogP) is 1.38. The van der Waals surface area contributed by atoms with Gasteiger partial charge in [0.25, 0.3) is 0 Å². The van der Waals surface area contributed by atoms with Crippen molar-refractivity contribution < 1.29 is 4.42 Å². The average Bonchev–Trinajstić information content (AvgIpc) is 2.47. The van der Waals surface area contributed by atoms with Crippen LogP contribution in [0.5, 0.6) is 0 Å². The molecule has 1 aromatic rings. The standard InChI is InChI=1S/C11H18N2O/c1-3-13(10-6-12-7-10)8-11-9(2)4-5-14-11/h4-5,10,12H,3,6-8H2,1-2H3. The number of likely N-dealkylation sites (N-methyl/N-ethyl adjacent to an activating group) is 1. The van der Waals surface area contributed by atoms with E-state index in [9.17, 15) is 0 Å². The maximum atomic E-state index is 5.45. The zero-order chi connectivity index (χ0) is 9.97. The number of nitrogens with zero attached hydrogens (tertiary/aromatic N) is 1. The third-order valence-corrected chi connectivity index (χ3v) is 3.00. The van der Waals surface area contributed by atoms with Gasteiger partial charge in [0.2, 0.25) is 0 Å². The van der Waals surface area contributed by atoms with Crippen LogP contribution < -0.4 is 5.32 Å². The zero-order valence-corrected chi connectivity index (χ0v) is 8.92. The number of hydrogen-bond donors (Lipinski definition) is 1. The van der Waals surface area contributed by atoms with Crippen molar-refractivity contribution in [2.75, 3.05) is 19.6 Å². The highest BCUT2D eigenvalue weighted by Crippen LogP contribution is 2.15. The van der Waals surface area contributed by atoms with Gasteiger partial charge >= 0.3 is 0 Å². The lowest BCUT2D eigenvalue weighted by molar-refractivity contribution is 0.135. The molecule has 0 saturated carbocycles. The first-order chi connectivity index (χ1) is 6.81. The third-order valence-electron chi connectivity index (χ3n) is 3.00. The van der Waals surface area contributed by atoms with Gasteiger partial charge in [-0.3, -0.25) is 4.90 Å². The normalized spacial score (nSPS) is 17.4. The van der Waals surface area contributed by atoms with E-state index in [-0.39, 0.29) is 0 Å². The van der Waals surface area contributed by atoms with Gasteiger partial charge in [0, 0.05) is 19.1 Å². The molecule has 1 aromatic heterocycles. The summed E-state index contributed by atoms with van der Waals surface area (Å²) in [5.41, 5.74) is 1.26. The van der Waals surface area contributed by atoms with Crippen molar-refractivity contribution in [2.45, 2.75) is 26.4 Å². The fourth-order valence-electron chi connectivity index (χ4n) is 1.78. The first-order valence-corrected chi connectivity index (χ1v) is 5.29. The first-order valence-electron chi connectivity index (χ1n) is 5.29. The summed E-state index contributed by atoms with van der Waals surface area (Å²) in [6, 6.07) is 2.73. The van der Waals surface area contributed by atoms with E-state index in [1.165, 1.54) is 5.56 Å². The molecule has 0 unspecified atom stereocenters. The van der Waals surface area contributed by atoms with Crippen molar-refractivity contribution in [3.05, 3.63) is 23.7 Å². The lowest BCUT2D eigenvalue weighted by Crippen LogP contribution is -2.56. The number of aryl methyl sites for hydroxylation is 1. The Labute approximate surface area is 85.1 Å². The van der Waals surface area contributed by atoms with Crippen LogP contribution in [0.25, 0.3) is 0 Å². The van der Waals surface area contributed by atoms with Crippen LogP contribution in [0.15, 0.2) is 16.7 Å². The van der Waals surface area contributed by atoms with Gasteiger partial charge in [0.05, 0.1) is 12.8 Å². The van der Waals surface area contributed by atoms with Gasteiger partial charge in [-0.25, -0.2) is 0 Å². The number of hydrogen-bond acceptors (Lipinski definition) is 3. The summed E-state index contributed by atoms with van der Waals surface area (Å²) in [5.74, 6) is 1.11. The van der Waals surface area contributed by atoms with Crippen LogP contribution in [-0.4, -0.2) is 30.6 Å². The quantitative estimate of drug-likeness (QED) is 0.785. The Balaban J connectivity index is 1.97. The summed E-state index contributed by atoms with van der Waals surface area (Å²) in [6.07, 6.45) is 1.78. The zero-order valence-electron chi connectivity index (χ0n) is 8.92. The predicted molar refractivity (Wildman–Crippen MR) is 56.2 cm³/mol. The third kappa shape index (κ3) is 1.83. The summed E-state index contributed by atoms with van der Waals surface area (Å²) in [5, 5.41) is 3.30. The monoisotopic (exact) mass is 194 g/mol. The molecule has 14 heavy (non-hydrogen) atoms. The Morgan fingerprint density at radius 2 is 2.36 bits per heavy atom. The summed E-state index contributed by atoms with van der Waals surface area (Å²) in [7, 11) is 0. The molecule has 2 heterocycles. The maximum absolute atomic E-state index is 5.45. The largest absolute Gasteiger partial charge is 0.468 e. The van der Waals surface area contributed by atoms with Crippen LogP contribution in [0.2, 0.25) is 0 Å². The second kappa shape index (κ2) is 4.15. The Hall–Kier alpha value is -0.800. The molecule has 0 aromatic carbocycles. The minimum Gasteiger partial charge on any atom is -0.468 e. The number of nitrogens with one attached hydrogen (secondary N) is 1. The molecule has 78 valence electrons. The van der Waals surface area contributed by atoms with E-state index in [0.29, 0.717) is 6.04 Å². The fourth-order valence-corrected chi connectivity index (χ4v) is 1.78. The second-order valence-electron chi connectivity index (χ2n) is 3.90. The molecule has 2 rings (SSSR count). The van der Waals surface area contributed by atoms with Gasteiger partial charge in [-0.1, -0.05) is 6.92 Å². The molecule has 0 spiro atoms. The maximum Gasteiger partial charge on any atom is 0.120 e. The summed E-state index contributed by atoms with van der Waals surface area (Å²) < 4.78 is 5.45. The SMILES string of the molecule is CCN(Cc1occc1C)C1CNC1. The molecule has 0 atom stereocenters. The first kappa shape index (κ1) is 9.74. The lowest BCUT2D eigenvalue weighted by atomic mass is 10.1. The molecule has 0 amide bonds.